The predicted octanol–water partition coefficient (Wildman–Crippen LogP) is -0.175. The lowest BCUT2D eigenvalue weighted by Crippen LogP contribution is -2.53. The Morgan fingerprint density at radius 3 is 2.80 bits per heavy atom. The van der Waals surface area contributed by atoms with Gasteiger partial charge < -0.3 is 10.2 Å². The minimum absolute atomic E-state index is 0.355. The molecule has 1 saturated heterocycles. The molecule has 0 aliphatic carbocycles. The van der Waals surface area contributed by atoms with Crippen LogP contribution < -0.4 is 5.32 Å². The summed E-state index contributed by atoms with van der Waals surface area (Å²) in [6.07, 6.45) is 0.933. The first-order valence-corrected chi connectivity index (χ1v) is 3.68. The van der Waals surface area contributed by atoms with Crippen molar-refractivity contribution in [1.82, 2.24) is 10.2 Å². The summed E-state index contributed by atoms with van der Waals surface area (Å²) in [5.41, 5.74) is 0. The monoisotopic (exact) mass is 142 g/mol. The molecule has 1 aliphatic rings. The van der Waals surface area contributed by atoms with Crippen molar-refractivity contribution >= 4 is 6.41 Å². The van der Waals surface area contributed by atoms with Gasteiger partial charge in [0, 0.05) is 25.2 Å². The first-order valence-electron chi connectivity index (χ1n) is 3.68. The lowest BCUT2D eigenvalue weighted by atomic mass is 10.2. The largest absolute Gasteiger partial charge is 0.340 e. The highest BCUT2D eigenvalue weighted by Crippen LogP contribution is 2.02. The Morgan fingerprint density at radius 1 is 1.60 bits per heavy atom. The van der Waals surface area contributed by atoms with Gasteiger partial charge in [0.1, 0.15) is 0 Å². The van der Waals surface area contributed by atoms with E-state index in [0.29, 0.717) is 12.1 Å². The fourth-order valence-electron chi connectivity index (χ4n) is 1.20. The van der Waals surface area contributed by atoms with Crippen molar-refractivity contribution in [3.8, 4) is 0 Å². The molecule has 0 bridgehead atoms. The van der Waals surface area contributed by atoms with Crippen LogP contribution in [-0.4, -0.2) is 36.5 Å². The van der Waals surface area contributed by atoms with Gasteiger partial charge in [-0.25, -0.2) is 0 Å². The van der Waals surface area contributed by atoms with Gasteiger partial charge in [0.25, 0.3) is 0 Å². The van der Waals surface area contributed by atoms with E-state index in [4.69, 9.17) is 0 Å². The SMILES string of the molecule is CC1CN(C=O)C(C)CN1. The second kappa shape index (κ2) is 3.01. The van der Waals surface area contributed by atoms with Gasteiger partial charge in [-0.15, -0.1) is 0 Å². The Kier molecular flexibility index (Phi) is 2.27. The van der Waals surface area contributed by atoms with Gasteiger partial charge in [0.2, 0.25) is 6.41 Å². The summed E-state index contributed by atoms with van der Waals surface area (Å²) in [4.78, 5) is 12.2. The topological polar surface area (TPSA) is 32.3 Å². The standard InChI is InChI=1S/C7H14N2O/c1-6-4-9(5-10)7(2)3-8-6/h5-8H,3-4H2,1-2H3. The zero-order chi connectivity index (χ0) is 7.56. The highest BCUT2D eigenvalue weighted by molar-refractivity contribution is 5.48. The van der Waals surface area contributed by atoms with Gasteiger partial charge in [-0.3, -0.25) is 4.79 Å². The summed E-state index contributed by atoms with van der Waals surface area (Å²) in [7, 11) is 0. The molecule has 1 aliphatic heterocycles. The van der Waals surface area contributed by atoms with E-state index in [9.17, 15) is 4.79 Å². The van der Waals surface area contributed by atoms with Crippen molar-refractivity contribution in [2.24, 2.45) is 0 Å². The Balaban J connectivity index is 2.45. The third kappa shape index (κ3) is 1.48. The molecule has 1 fully saturated rings. The molecule has 1 heterocycles. The molecule has 0 aromatic rings. The first kappa shape index (κ1) is 7.54. The maximum atomic E-state index is 10.4. The molecule has 0 aromatic heterocycles. The maximum Gasteiger partial charge on any atom is 0.210 e. The van der Waals surface area contributed by atoms with Crippen LogP contribution in [0.25, 0.3) is 0 Å². The molecule has 1 N–H and O–H groups in total. The maximum absolute atomic E-state index is 10.4. The van der Waals surface area contributed by atoms with E-state index in [1.807, 2.05) is 11.8 Å². The minimum Gasteiger partial charge on any atom is -0.340 e. The quantitative estimate of drug-likeness (QED) is 0.515. The van der Waals surface area contributed by atoms with Gasteiger partial charge in [-0.05, 0) is 13.8 Å². The van der Waals surface area contributed by atoms with Crippen LogP contribution in [-0.2, 0) is 4.79 Å². The van der Waals surface area contributed by atoms with E-state index in [2.05, 4.69) is 12.2 Å². The Hall–Kier alpha value is -0.570. The van der Waals surface area contributed by atoms with Crippen LogP contribution in [0.4, 0.5) is 0 Å². The first-order chi connectivity index (χ1) is 4.74. The van der Waals surface area contributed by atoms with Crippen LogP contribution in [0.5, 0.6) is 0 Å². The van der Waals surface area contributed by atoms with Crippen molar-refractivity contribution in [3.63, 3.8) is 0 Å². The average Bonchev–Trinajstić information content (AvgIpc) is 1.94. The number of nitrogens with one attached hydrogen (secondary N) is 1. The molecule has 2 unspecified atom stereocenters. The lowest BCUT2D eigenvalue weighted by Gasteiger charge is -2.34. The van der Waals surface area contributed by atoms with Gasteiger partial charge in [-0.1, -0.05) is 0 Å². The molecule has 3 nitrogen and oxygen atoms in total. The summed E-state index contributed by atoms with van der Waals surface area (Å²) in [6.45, 7) is 5.89. The second-order valence-electron chi connectivity index (χ2n) is 2.96. The zero-order valence-corrected chi connectivity index (χ0v) is 6.50. The molecule has 2 atom stereocenters. The molecule has 3 heteroatoms. The van der Waals surface area contributed by atoms with Crippen molar-refractivity contribution in [2.45, 2.75) is 25.9 Å². The van der Waals surface area contributed by atoms with E-state index in [1.54, 1.807) is 0 Å². The van der Waals surface area contributed by atoms with Crippen molar-refractivity contribution < 1.29 is 4.79 Å². The number of hydrogen-bond donors (Lipinski definition) is 1. The van der Waals surface area contributed by atoms with Gasteiger partial charge >= 0.3 is 0 Å². The van der Waals surface area contributed by atoms with Crippen LogP contribution in [0.3, 0.4) is 0 Å². The number of rotatable bonds is 1. The smallest absolute Gasteiger partial charge is 0.210 e. The van der Waals surface area contributed by atoms with Crippen LogP contribution in [0, 0.1) is 0 Å². The molecule has 0 aromatic carbocycles. The Bertz CT molecular complexity index is 127. The zero-order valence-electron chi connectivity index (χ0n) is 6.50. The summed E-state index contributed by atoms with van der Waals surface area (Å²) >= 11 is 0. The number of nitrogens with zero attached hydrogens (tertiary/aromatic N) is 1. The van der Waals surface area contributed by atoms with E-state index in [1.165, 1.54) is 0 Å². The number of amides is 1. The van der Waals surface area contributed by atoms with Crippen LogP contribution >= 0.6 is 0 Å². The van der Waals surface area contributed by atoms with E-state index in [-0.39, 0.29) is 0 Å². The summed E-state index contributed by atoms with van der Waals surface area (Å²) in [6, 6.07) is 0.801. The van der Waals surface area contributed by atoms with Gasteiger partial charge in [0.15, 0.2) is 0 Å². The van der Waals surface area contributed by atoms with E-state index < -0.39 is 0 Å². The molecular formula is C7H14N2O. The summed E-state index contributed by atoms with van der Waals surface area (Å²) in [5.74, 6) is 0. The number of carbonyl (C=O) groups excluding carboxylic acids is 1. The third-order valence-corrected chi connectivity index (χ3v) is 1.95. The van der Waals surface area contributed by atoms with E-state index in [0.717, 1.165) is 19.5 Å². The molecule has 0 spiro atoms. The van der Waals surface area contributed by atoms with Crippen molar-refractivity contribution in [1.29, 1.82) is 0 Å². The van der Waals surface area contributed by atoms with Crippen molar-refractivity contribution in [2.75, 3.05) is 13.1 Å². The fraction of sp³-hybridized carbons (Fsp3) is 0.857. The van der Waals surface area contributed by atoms with Crippen LogP contribution in [0.15, 0.2) is 0 Å². The molecule has 0 radical (unpaired) electrons. The fourth-order valence-corrected chi connectivity index (χ4v) is 1.20. The molecule has 0 saturated carbocycles. The molecular weight excluding hydrogens is 128 g/mol. The number of hydrogen-bond acceptors (Lipinski definition) is 2. The summed E-state index contributed by atoms with van der Waals surface area (Å²) in [5, 5.41) is 3.30. The van der Waals surface area contributed by atoms with Gasteiger partial charge in [-0.2, -0.15) is 0 Å². The molecule has 1 amide bonds. The summed E-state index contributed by atoms with van der Waals surface area (Å²) < 4.78 is 0. The van der Waals surface area contributed by atoms with Crippen molar-refractivity contribution in [3.05, 3.63) is 0 Å². The lowest BCUT2D eigenvalue weighted by molar-refractivity contribution is -0.121. The van der Waals surface area contributed by atoms with Crippen LogP contribution in [0.1, 0.15) is 13.8 Å². The Morgan fingerprint density at radius 2 is 2.30 bits per heavy atom. The molecule has 1 rings (SSSR count). The third-order valence-electron chi connectivity index (χ3n) is 1.95. The van der Waals surface area contributed by atoms with Crippen LogP contribution in [0.2, 0.25) is 0 Å². The number of piperazine rings is 1. The Labute approximate surface area is 61.4 Å². The normalized spacial score (nSPS) is 34.0. The highest BCUT2D eigenvalue weighted by Gasteiger charge is 2.19. The predicted molar refractivity (Wildman–Crippen MR) is 39.7 cm³/mol. The molecule has 10 heavy (non-hydrogen) atoms. The van der Waals surface area contributed by atoms with E-state index >= 15 is 0 Å². The minimum atomic E-state index is 0.355. The second-order valence-corrected chi connectivity index (χ2v) is 2.96. The average molecular weight is 142 g/mol. The highest BCUT2D eigenvalue weighted by atomic mass is 16.1. The number of carbonyl (C=O) groups is 1. The molecule has 58 valence electrons. The van der Waals surface area contributed by atoms with Gasteiger partial charge in [0.05, 0.1) is 0 Å².